The maximum absolute atomic E-state index is 3.86. The van der Waals surface area contributed by atoms with Gasteiger partial charge in [-0.25, -0.2) is 0 Å². The topological polar surface area (TPSA) is 0 Å². The zero-order valence-electron chi connectivity index (χ0n) is 17.8. The van der Waals surface area contributed by atoms with Crippen molar-refractivity contribution >= 4 is 55.8 Å². The summed E-state index contributed by atoms with van der Waals surface area (Å²) in [5.41, 5.74) is 10.5. The molecule has 0 atom stereocenters. The molecule has 0 saturated heterocycles. The number of rotatable bonds is 4. The Kier molecular flexibility index (Phi) is 5.65. The lowest BCUT2D eigenvalue weighted by Crippen LogP contribution is -1.97. The van der Waals surface area contributed by atoms with Crippen LogP contribution in [0.25, 0.3) is 34.4 Å². The van der Waals surface area contributed by atoms with E-state index in [-0.39, 0.29) is 0 Å². The second kappa shape index (κ2) is 8.79. The Morgan fingerprint density at radius 3 is 1.79 bits per heavy atom. The van der Waals surface area contributed by atoms with E-state index in [1.807, 2.05) is 11.8 Å². The molecule has 0 unspecified atom stereocenters. The molecule has 2 aliphatic rings. The van der Waals surface area contributed by atoms with Crippen LogP contribution in [0.1, 0.15) is 22.3 Å². The highest BCUT2D eigenvalue weighted by Gasteiger charge is 2.24. The highest BCUT2D eigenvalue weighted by molar-refractivity contribution is 9.10. The smallest absolute Gasteiger partial charge is 0.0277 e. The van der Waals surface area contributed by atoms with Gasteiger partial charge in [-0.1, -0.05) is 129 Å². The van der Waals surface area contributed by atoms with Gasteiger partial charge < -0.3 is 0 Å². The summed E-state index contributed by atoms with van der Waals surface area (Å²) in [5.74, 6) is 0. The first kappa shape index (κ1) is 21.2. The second-order valence-corrected chi connectivity index (χ2v) is 11.0. The summed E-state index contributed by atoms with van der Waals surface area (Å²) < 4.78 is 2.36. The third kappa shape index (κ3) is 3.77. The molecule has 0 N–H and O–H groups in total. The van der Waals surface area contributed by atoms with Crippen LogP contribution in [0.15, 0.2) is 104 Å². The minimum Gasteiger partial charge on any atom is -0.0878 e. The molecule has 33 heavy (non-hydrogen) atoms. The Bertz CT molecular complexity index is 1430. The third-order valence-corrected chi connectivity index (χ3v) is 9.01. The van der Waals surface area contributed by atoms with E-state index in [4.69, 9.17) is 0 Å². The van der Waals surface area contributed by atoms with E-state index in [9.17, 15) is 0 Å². The van der Waals surface area contributed by atoms with Gasteiger partial charge in [-0.15, -0.1) is 0 Å². The van der Waals surface area contributed by atoms with Crippen LogP contribution in [0.4, 0.5) is 0 Å². The average Bonchev–Trinajstić information content (AvgIpc) is 3.54. The molecular weight excluding hydrogens is 552 g/mol. The zero-order valence-corrected chi connectivity index (χ0v) is 21.8. The fourth-order valence-electron chi connectivity index (χ4n) is 4.74. The summed E-state index contributed by atoms with van der Waals surface area (Å²) in [6.07, 6.45) is 11.0. The molecule has 0 aliphatic heterocycles. The molecular formula is C30H20Br2S. The van der Waals surface area contributed by atoms with Crippen molar-refractivity contribution in [2.45, 2.75) is 22.6 Å². The van der Waals surface area contributed by atoms with E-state index < -0.39 is 0 Å². The molecule has 6 rings (SSSR count). The van der Waals surface area contributed by atoms with Gasteiger partial charge in [0.1, 0.15) is 0 Å². The monoisotopic (exact) mass is 570 g/mol. The summed E-state index contributed by atoms with van der Waals surface area (Å²) in [7, 11) is 0. The largest absolute Gasteiger partial charge is 0.0878 e. The molecule has 3 heteroatoms. The predicted octanol–water partition coefficient (Wildman–Crippen LogP) is 9.84. The van der Waals surface area contributed by atoms with Gasteiger partial charge in [0.05, 0.1) is 0 Å². The molecule has 0 radical (unpaired) electrons. The normalized spacial score (nSPS) is 13.4. The highest BCUT2D eigenvalue weighted by atomic mass is 79.9. The van der Waals surface area contributed by atoms with E-state index in [2.05, 4.69) is 129 Å². The molecule has 4 aromatic carbocycles. The number of hydrogen-bond acceptors (Lipinski definition) is 1. The van der Waals surface area contributed by atoms with Crippen molar-refractivity contribution in [3.8, 4) is 22.3 Å². The Morgan fingerprint density at radius 2 is 1.12 bits per heavy atom. The molecule has 0 saturated carbocycles. The SMILES string of the molecule is Brc1cc(-c2ccccc2)c(Sc2c(-c3ccccc3)cc(Br)c3c2C=CC3)c2c1C=CC2. The molecule has 4 aromatic rings. The molecule has 0 bridgehead atoms. The van der Waals surface area contributed by atoms with Crippen molar-refractivity contribution in [2.24, 2.45) is 0 Å². The summed E-state index contributed by atoms with van der Waals surface area (Å²) in [6.45, 7) is 0. The maximum atomic E-state index is 3.86. The van der Waals surface area contributed by atoms with Crippen LogP contribution in [0.5, 0.6) is 0 Å². The second-order valence-electron chi connectivity index (χ2n) is 8.30. The van der Waals surface area contributed by atoms with Gasteiger partial charge in [-0.05, 0) is 69.5 Å². The molecule has 0 spiro atoms. The van der Waals surface area contributed by atoms with Crippen molar-refractivity contribution in [2.75, 3.05) is 0 Å². The molecule has 0 nitrogen and oxygen atoms in total. The Hall–Kier alpha value is -2.33. The van der Waals surface area contributed by atoms with Crippen LogP contribution in [0.2, 0.25) is 0 Å². The van der Waals surface area contributed by atoms with Crippen molar-refractivity contribution in [1.82, 2.24) is 0 Å². The number of halogens is 2. The lowest BCUT2D eigenvalue weighted by Gasteiger charge is -2.20. The molecule has 0 heterocycles. The van der Waals surface area contributed by atoms with Crippen LogP contribution in [0.3, 0.4) is 0 Å². The van der Waals surface area contributed by atoms with Crippen LogP contribution in [-0.4, -0.2) is 0 Å². The predicted molar refractivity (Wildman–Crippen MR) is 149 cm³/mol. The van der Waals surface area contributed by atoms with Crippen LogP contribution in [-0.2, 0) is 12.8 Å². The van der Waals surface area contributed by atoms with Crippen LogP contribution < -0.4 is 0 Å². The van der Waals surface area contributed by atoms with Crippen molar-refractivity contribution < 1.29 is 0 Å². The Morgan fingerprint density at radius 1 is 0.576 bits per heavy atom. The van der Waals surface area contributed by atoms with E-state index in [0.29, 0.717) is 0 Å². The first-order chi connectivity index (χ1) is 16.2. The number of fused-ring (bicyclic) bond motifs is 2. The van der Waals surface area contributed by atoms with Gasteiger partial charge in [0.15, 0.2) is 0 Å². The van der Waals surface area contributed by atoms with E-state index >= 15 is 0 Å². The first-order valence-electron chi connectivity index (χ1n) is 11.0. The minimum absolute atomic E-state index is 0.964. The fraction of sp³-hybridized carbons (Fsp3) is 0.0667. The standard InChI is InChI=1S/C30H20Br2S/c31-27-17-25(19-9-3-1-4-10-19)29(23-15-7-13-21(23)27)33-30-24-16-8-14-22(24)28(32)18-26(30)20-11-5-2-6-12-20/h1-13,16-18H,14-15H2. The molecule has 2 aliphatic carbocycles. The van der Waals surface area contributed by atoms with Crippen molar-refractivity contribution in [3.63, 3.8) is 0 Å². The lowest BCUT2D eigenvalue weighted by molar-refractivity contribution is 1.19. The van der Waals surface area contributed by atoms with Crippen LogP contribution >= 0.6 is 43.6 Å². The third-order valence-electron chi connectivity index (χ3n) is 6.33. The quantitative estimate of drug-likeness (QED) is 0.235. The van der Waals surface area contributed by atoms with Gasteiger partial charge in [0, 0.05) is 18.7 Å². The van der Waals surface area contributed by atoms with E-state index in [1.165, 1.54) is 63.2 Å². The summed E-state index contributed by atoms with van der Waals surface area (Å²) in [5, 5.41) is 0. The molecule has 0 fully saturated rings. The fourth-order valence-corrected chi connectivity index (χ4v) is 7.34. The Labute approximate surface area is 215 Å². The lowest BCUT2D eigenvalue weighted by atomic mass is 9.99. The van der Waals surface area contributed by atoms with E-state index in [1.54, 1.807) is 0 Å². The summed E-state index contributed by atoms with van der Waals surface area (Å²) >= 11 is 9.63. The highest BCUT2D eigenvalue weighted by Crippen LogP contribution is 2.50. The molecule has 0 amide bonds. The van der Waals surface area contributed by atoms with Gasteiger partial charge in [0.2, 0.25) is 0 Å². The first-order valence-corrected chi connectivity index (χ1v) is 13.4. The minimum atomic E-state index is 0.964. The molecule has 0 aromatic heterocycles. The Balaban J connectivity index is 1.61. The van der Waals surface area contributed by atoms with E-state index in [0.717, 1.165) is 12.8 Å². The maximum Gasteiger partial charge on any atom is 0.0277 e. The summed E-state index contributed by atoms with van der Waals surface area (Å²) in [6, 6.07) is 26.1. The van der Waals surface area contributed by atoms with Gasteiger partial charge in [-0.2, -0.15) is 0 Å². The van der Waals surface area contributed by atoms with Gasteiger partial charge in [0.25, 0.3) is 0 Å². The summed E-state index contributed by atoms with van der Waals surface area (Å²) in [4.78, 5) is 2.69. The van der Waals surface area contributed by atoms with Gasteiger partial charge in [-0.3, -0.25) is 0 Å². The van der Waals surface area contributed by atoms with Gasteiger partial charge >= 0.3 is 0 Å². The number of benzene rings is 4. The number of allylic oxidation sites excluding steroid dienone is 2. The van der Waals surface area contributed by atoms with Crippen molar-refractivity contribution in [3.05, 3.63) is 116 Å². The number of hydrogen-bond donors (Lipinski definition) is 0. The van der Waals surface area contributed by atoms with Crippen LogP contribution in [0, 0.1) is 0 Å². The van der Waals surface area contributed by atoms with Crippen molar-refractivity contribution in [1.29, 1.82) is 0 Å². The average molecular weight is 572 g/mol. The molecule has 160 valence electrons. The zero-order chi connectivity index (χ0) is 22.4.